The van der Waals surface area contributed by atoms with Gasteiger partial charge in [0.15, 0.2) is 0 Å². The molecule has 2 aliphatic rings. The summed E-state index contributed by atoms with van der Waals surface area (Å²) in [5.74, 6) is 1.14. The van der Waals surface area contributed by atoms with E-state index in [0.717, 1.165) is 38.0 Å². The molecule has 0 aromatic rings. The van der Waals surface area contributed by atoms with Gasteiger partial charge in [-0.05, 0) is 37.8 Å². The summed E-state index contributed by atoms with van der Waals surface area (Å²) in [6, 6.07) is 0. The topological polar surface area (TPSA) is 9.23 Å². The first-order valence-corrected chi connectivity index (χ1v) is 5.68. The van der Waals surface area contributed by atoms with E-state index < -0.39 is 0 Å². The van der Waals surface area contributed by atoms with Gasteiger partial charge < -0.3 is 4.74 Å². The molecule has 80 valence electrons. The molecule has 0 aromatic heterocycles. The van der Waals surface area contributed by atoms with Crippen LogP contribution in [0.3, 0.4) is 0 Å². The maximum Gasteiger partial charge on any atom is 0.109 e. The molecule has 1 heteroatoms. The third kappa shape index (κ3) is 3.12. The summed E-state index contributed by atoms with van der Waals surface area (Å²) in [4.78, 5) is 0. The lowest BCUT2D eigenvalue weighted by Gasteiger charge is -2.15. The molecule has 0 bridgehead atoms. The van der Waals surface area contributed by atoms with Gasteiger partial charge in [0, 0.05) is 6.42 Å². The minimum Gasteiger partial charge on any atom is -0.494 e. The van der Waals surface area contributed by atoms with Crippen molar-refractivity contribution in [1.29, 1.82) is 0 Å². The average molecular weight is 202 g/mol. The predicted molar refractivity (Wildman–Crippen MR) is 63.5 cm³/mol. The zero-order valence-electron chi connectivity index (χ0n) is 9.33. The summed E-state index contributed by atoms with van der Waals surface area (Å²) in [7, 11) is 0. The van der Waals surface area contributed by atoms with Crippen LogP contribution in [0.25, 0.3) is 0 Å². The third-order valence-electron chi connectivity index (χ3n) is 2.86. The summed E-state index contributed by atoms with van der Waals surface area (Å²) >= 11 is 0. The highest BCUT2D eigenvalue weighted by molar-refractivity contribution is 5.21. The van der Waals surface area contributed by atoms with Crippen molar-refractivity contribution in [1.82, 2.24) is 0 Å². The minimum absolute atomic E-state index is 0.767. The maximum absolute atomic E-state index is 5.79. The van der Waals surface area contributed by atoms with Crippen LogP contribution in [-0.2, 0) is 4.74 Å². The zero-order valence-corrected chi connectivity index (χ0v) is 9.33. The van der Waals surface area contributed by atoms with Gasteiger partial charge >= 0.3 is 0 Å². The van der Waals surface area contributed by atoms with Crippen LogP contribution in [0.1, 0.15) is 32.6 Å². The van der Waals surface area contributed by atoms with Crippen molar-refractivity contribution in [2.45, 2.75) is 32.6 Å². The predicted octanol–water partition coefficient (Wildman–Crippen LogP) is 3.90. The Morgan fingerprint density at radius 1 is 1.13 bits per heavy atom. The molecule has 0 atom stereocenters. The summed E-state index contributed by atoms with van der Waals surface area (Å²) in [6.45, 7) is 2.94. The monoisotopic (exact) mass is 202 g/mol. The Morgan fingerprint density at radius 3 is 2.73 bits per heavy atom. The molecule has 0 saturated heterocycles. The Balaban J connectivity index is 1.83. The fourth-order valence-corrected chi connectivity index (χ4v) is 1.80. The molecule has 0 saturated carbocycles. The van der Waals surface area contributed by atoms with E-state index in [2.05, 4.69) is 37.3 Å². The molecule has 1 nitrogen and oxygen atoms in total. The average Bonchev–Trinajstić information content (AvgIpc) is 2.30. The molecular formula is C14H18O. The third-order valence-corrected chi connectivity index (χ3v) is 2.86. The van der Waals surface area contributed by atoms with Crippen molar-refractivity contribution in [3.63, 3.8) is 0 Å². The normalized spacial score (nSPS) is 20.5. The number of rotatable bonds is 3. The molecule has 0 N–H and O–H groups in total. The van der Waals surface area contributed by atoms with Gasteiger partial charge in [0.2, 0.25) is 0 Å². The van der Waals surface area contributed by atoms with Crippen molar-refractivity contribution in [3.05, 3.63) is 47.3 Å². The highest BCUT2D eigenvalue weighted by Gasteiger charge is 2.06. The van der Waals surface area contributed by atoms with Gasteiger partial charge in [-0.2, -0.15) is 0 Å². The van der Waals surface area contributed by atoms with Crippen LogP contribution >= 0.6 is 0 Å². The van der Waals surface area contributed by atoms with Crippen LogP contribution in [0.2, 0.25) is 0 Å². The van der Waals surface area contributed by atoms with Gasteiger partial charge in [-0.15, -0.1) is 0 Å². The molecule has 0 spiro atoms. The molecule has 2 aliphatic carbocycles. The van der Waals surface area contributed by atoms with E-state index >= 15 is 0 Å². The highest BCUT2D eigenvalue weighted by atomic mass is 16.5. The molecule has 15 heavy (non-hydrogen) atoms. The Bertz CT molecular complexity index is 342. The number of allylic oxidation sites excluding steroid dienone is 7. The van der Waals surface area contributed by atoms with Crippen LogP contribution in [-0.4, -0.2) is 6.61 Å². The van der Waals surface area contributed by atoms with E-state index in [1.54, 1.807) is 0 Å². The summed E-state index contributed by atoms with van der Waals surface area (Å²) in [5.41, 5.74) is 2.85. The Hall–Kier alpha value is -1.24. The van der Waals surface area contributed by atoms with E-state index in [9.17, 15) is 0 Å². The standard InChI is InChI=1S/C14H18O/c1-12-7-9-14(10-8-12)15-11-13-5-3-2-4-6-13/h2-3,5,7,9H,4,6,8,10-11H2,1H3. The van der Waals surface area contributed by atoms with Crippen LogP contribution in [0.4, 0.5) is 0 Å². The minimum atomic E-state index is 0.767. The maximum atomic E-state index is 5.79. The fraction of sp³-hybridized carbons (Fsp3) is 0.429. The van der Waals surface area contributed by atoms with Gasteiger partial charge in [-0.25, -0.2) is 0 Å². The molecule has 0 heterocycles. The van der Waals surface area contributed by atoms with Crippen molar-refractivity contribution < 1.29 is 4.74 Å². The van der Waals surface area contributed by atoms with E-state index in [4.69, 9.17) is 4.74 Å². The second-order valence-corrected chi connectivity index (χ2v) is 4.23. The largest absolute Gasteiger partial charge is 0.494 e. The number of hydrogen-bond donors (Lipinski definition) is 0. The molecule has 0 fully saturated rings. The lowest BCUT2D eigenvalue weighted by atomic mass is 10.0. The smallest absolute Gasteiger partial charge is 0.109 e. The van der Waals surface area contributed by atoms with Gasteiger partial charge in [-0.1, -0.05) is 29.9 Å². The number of ether oxygens (including phenoxy) is 1. The zero-order chi connectivity index (χ0) is 10.5. The first-order chi connectivity index (χ1) is 7.34. The van der Waals surface area contributed by atoms with Gasteiger partial charge in [0.05, 0.1) is 5.76 Å². The SMILES string of the molecule is CC1=CC=C(OCC2=CC=CCC2)CC1. The van der Waals surface area contributed by atoms with E-state index in [-0.39, 0.29) is 0 Å². The fourth-order valence-electron chi connectivity index (χ4n) is 1.80. The molecule has 2 rings (SSSR count). The molecule has 0 aliphatic heterocycles. The van der Waals surface area contributed by atoms with Crippen molar-refractivity contribution in [3.8, 4) is 0 Å². The van der Waals surface area contributed by atoms with Crippen molar-refractivity contribution >= 4 is 0 Å². The summed E-state index contributed by atoms with van der Waals surface area (Å²) < 4.78 is 5.79. The molecule has 0 amide bonds. The second-order valence-electron chi connectivity index (χ2n) is 4.23. The quantitative estimate of drug-likeness (QED) is 0.674. The molecule has 0 unspecified atom stereocenters. The highest BCUT2D eigenvalue weighted by Crippen LogP contribution is 2.20. The van der Waals surface area contributed by atoms with Gasteiger partial charge in [0.1, 0.15) is 6.61 Å². The van der Waals surface area contributed by atoms with Crippen LogP contribution in [0.15, 0.2) is 47.3 Å². The second kappa shape index (κ2) is 5.01. The van der Waals surface area contributed by atoms with Crippen molar-refractivity contribution in [2.24, 2.45) is 0 Å². The lowest BCUT2D eigenvalue weighted by molar-refractivity contribution is 0.224. The Kier molecular flexibility index (Phi) is 3.44. The number of hydrogen-bond acceptors (Lipinski definition) is 1. The lowest BCUT2D eigenvalue weighted by Crippen LogP contribution is -2.02. The van der Waals surface area contributed by atoms with E-state index in [1.807, 2.05) is 0 Å². The van der Waals surface area contributed by atoms with Crippen LogP contribution in [0.5, 0.6) is 0 Å². The Labute approximate surface area is 91.8 Å². The van der Waals surface area contributed by atoms with Crippen LogP contribution < -0.4 is 0 Å². The summed E-state index contributed by atoms with van der Waals surface area (Å²) in [6.07, 6.45) is 15.3. The first-order valence-electron chi connectivity index (χ1n) is 5.68. The molecular weight excluding hydrogens is 184 g/mol. The van der Waals surface area contributed by atoms with Gasteiger partial charge in [-0.3, -0.25) is 0 Å². The summed E-state index contributed by atoms with van der Waals surface area (Å²) in [5, 5.41) is 0. The Morgan fingerprint density at radius 2 is 2.07 bits per heavy atom. The molecule has 0 aromatic carbocycles. The van der Waals surface area contributed by atoms with Gasteiger partial charge in [0.25, 0.3) is 0 Å². The van der Waals surface area contributed by atoms with E-state index in [1.165, 1.54) is 11.1 Å². The first kappa shape index (κ1) is 10.3. The van der Waals surface area contributed by atoms with Crippen LogP contribution in [0, 0.1) is 0 Å². The van der Waals surface area contributed by atoms with Crippen molar-refractivity contribution in [2.75, 3.05) is 6.61 Å². The molecule has 0 radical (unpaired) electrons. The van der Waals surface area contributed by atoms with E-state index in [0.29, 0.717) is 0 Å².